The second-order valence-electron chi connectivity index (χ2n) is 8.37. The molecular weight excluding hydrogens is 576 g/mol. The predicted molar refractivity (Wildman–Crippen MR) is 145 cm³/mol. The van der Waals surface area contributed by atoms with Gasteiger partial charge in [-0.15, -0.1) is 0 Å². The van der Waals surface area contributed by atoms with Crippen LogP contribution in [0.4, 0.5) is 0 Å². The van der Waals surface area contributed by atoms with Gasteiger partial charge < -0.3 is 23.7 Å². The van der Waals surface area contributed by atoms with Crippen LogP contribution in [0.15, 0.2) is 55.9 Å². The van der Waals surface area contributed by atoms with Crippen molar-refractivity contribution in [1.82, 2.24) is 4.57 Å². The van der Waals surface area contributed by atoms with Crippen molar-refractivity contribution in [2.75, 3.05) is 27.1 Å². The molecule has 1 aromatic heterocycles. The highest BCUT2D eigenvalue weighted by molar-refractivity contribution is 9.10. The normalized spacial score (nSPS) is 16.2. The van der Waals surface area contributed by atoms with E-state index in [1.807, 2.05) is 19.1 Å². The van der Waals surface area contributed by atoms with Gasteiger partial charge in [0.05, 0.1) is 42.2 Å². The molecule has 38 heavy (non-hydrogen) atoms. The lowest BCUT2D eigenvalue weighted by atomic mass is 9.95. The molecule has 9 nitrogen and oxygen atoms in total. The lowest BCUT2D eigenvalue weighted by Gasteiger charge is -2.24. The van der Waals surface area contributed by atoms with Crippen LogP contribution in [0.2, 0.25) is 0 Å². The molecule has 198 valence electrons. The van der Waals surface area contributed by atoms with Crippen molar-refractivity contribution >= 4 is 39.3 Å². The summed E-state index contributed by atoms with van der Waals surface area (Å²) in [7, 11) is 1.57. The quantitative estimate of drug-likeness (QED) is 0.381. The number of fused-ring (bicyclic) bond motifs is 2. The van der Waals surface area contributed by atoms with Crippen molar-refractivity contribution in [2.45, 2.75) is 26.8 Å². The second kappa shape index (κ2) is 10.7. The molecule has 2 aliphatic heterocycles. The zero-order valence-electron chi connectivity index (χ0n) is 21.2. The third-order valence-corrected chi connectivity index (χ3v) is 7.77. The number of carbonyl (C=O) groups excluding carboxylic acids is 1. The Bertz CT molecular complexity index is 1640. The molecule has 5 rings (SSSR count). The van der Waals surface area contributed by atoms with Crippen LogP contribution in [0.5, 0.6) is 23.0 Å². The van der Waals surface area contributed by atoms with E-state index in [0.29, 0.717) is 55.8 Å². The molecule has 2 aliphatic rings. The van der Waals surface area contributed by atoms with Crippen LogP contribution in [-0.4, -0.2) is 37.7 Å². The zero-order valence-corrected chi connectivity index (χ0v) is 23.6. The fourth-order valence-corrected chi connectivity index (χ4v) is 5.89. The van der Waals surface area contributed by atoms with Crippen LogP contribution in [0.25, 0.3) is 6.08 Å². The number of ether oxygens (including phenoxy) is 5. The highest BCUT2D eigenvalue weighted by Crippen LogP contribution is 2.38. The molecule has 2 aromatic carbocycles. The molecule has 0 saturated carbocycles. The minimum atomic E-state index is -0.750. The maximum absolute atomic E-state index is 13.9. The maximum Gasteiger partial charge on any atom is 0.338 e. The molecule has 0 spiro atoms. The molecule has 1 atom stereocenters. The Balaban J connectivity index is 1.71. The van der Waals surface area contributed by atoms with Crippen molar-refractivity contribution < 1.29 is 28.5 Å². The van der Waals surface area contributed by atoms with Crippen LogP contribution in [-0.2, 0) is 9.53 Å². The predicted octanol–water partition coefficient (Wildman–Crippen LogP) is 3.70. The van der Waals surface area contributed by atoms with Crippen LogP contribution < -0.4 is 33.8 Å². The first-order chi connectivity index (χ1) is 18.4. The standard InChI is InChI=1S/C27H25BrN2O7S/c1-5-34-21-10-16(17(28)12-19(21)33-4)11-22-25(31)30-24(15-7-8-18-20(9-15)37-13-36-18)23(26(32)35-6-2)14(3)29-27(30)38-22/h7-12,24H,5-6,13H2,1-4H3/b22-11+/t24-/m0/s1. The summed E-state index contributed by atoms with van der Waals surface area (Å²) in [6.45, 7) is 6.15. The third-order valence-electron chi connectivity index (χ3n) is 6.10. The third kappa shape index (κ3) is 4.60. The van der Waals surface area contributed by atoms with Crippen molar-refractivity contribution in [3.05, 3.63) is 76.9 Å². The van der Waals surface area contributed by atoms with Crippen LogP contribution >= 0.6 is 27.3 Å². The van der Waals surface area contributed by atoms with Gasteiger partial charge in [0.2, 0.25) is 6.79 Å². The van der Waals surface area contributed by atoms with Gasteiger partial charge in [0.25, 0.3) is 5.56 Å². The van der Waals surface area contributed by atoms with Gasteiger partial charge in [0.1, 0.15) is 0 Å². The number of hydrogen-bond donors (Lipinski definition) is 0. The van der Waals surface area contributed by atoms with Gasteiger partial charge in [-0.1, -0.05) is 33.3 Å². The number of allylic oxidation sites excluding steroid dienone is 1. The van der Waals surface area contributed by atoms with Crippen LogP contribution in [0, 0.1) is 0 Å². The highest BCUT2D eigenvalue weighted by atomic mass is 79.9. The van der Waals surface area contributed by atoms with Gasteiger partial charge in [-0.2, -0.15) is 0 Å². The number of benzene rings is 2. The fourth-order valence-electron chi connectivity index (χ4n) is 4.42. The highest BCUT2D eigenvalue weighted by Gasteiger charge is 2.34. The van der Waals surface area contributed by atoms with Gasteiger partial charge in [-0.05, 0) is 62.2 Å². The topological polar surface area (TPSA) is 97.6 Å². The summed E-state index contributed by atoms with van der Waals surface area (Å²) >= 11 is 4.81. The van der Waals surface area contributed by atoms with Crippen LogP contribution in [0.3, 0.4) is 0 Å². The Morgan fingerprint density at radius 2 is 1.97 bits per heavy atom. The van der Waals surface area contributed by atoms with E-state index >= 15 is 0 Å². The number of aromatic nitrogens is 1. The summed E-state index contributed by atoms with van der Waals surface area (Å²) in [5.74, 6) is 1.78. The van der Waals surface area contributed by atoms with Gasteiger partial charge in [-0.3, -0.25) is 9.36 Å². The molecule has 0 fully saturated rings. The molecule has 3 heterocycles. The Morgan fingerprint density at radius 1 is 1.18 bits per heavy atom. The smallest absolute Gasteiger partial charge is 0.338 e. The van der Waals surface area contributed by atoms with Crippen molar-refractivity contribution in [2.24, 2.45) is 4.99 Å². The second-order valence-corrected chi connectivity index (χ2v) is 10.2. The van der Waals surface area contributed by atoms with E-state index in [0.717, 1.165) is 10.0 Å². The summed E-state index contributed by atoms with van der Waals surface area (Å²) in [4.78, 5) is 32.1. The number of rotatable bonds is 7. The first kappa shape index (κ1) is 26.1. The molecule has 0 unspecified atom stereocenters. The summed E-state index contributed by atoms with van der Waals surface area (Å²) in [6.07, 6.45) is 1.77. The van der Waals surface area contributed by atoms with E-state index in [4.69, 9.17) is 23.7 Å². The Labute approximate surface area is 230 Å². The number of carbonyl (C=O) groups is 1. The summed E-state index contributed by atoms with van der Waals surface area (Å²) < 4.78 is 30.2. The summed E-state index contributed by atoms with van der Waals surface area (Å²) in [5, 5.41) is 0. The fraction of sp³-hybridized carbons (Fsp3) is 0.296. The van der Waals surface area contributed by atoms with Crippen molar-refractivity contribution in [1.29, 1.82) is 0 Å². The first-order valence-corrected chi connectivity index (χ1v) is 13.6. The molecule has 0 bridgehead atoms. The SMILES string of the molecule is CCOC(=O)C1=C(C)N=c2s/c(=C/c3cc(OCC)c(OC)cc3Br)c(=O)n2[C@H]1c1ccc2c(c1)OCO2. The molecule has 11 heteroatoms. The number of esters is 1. The Kier molecular flexibility index (Phi) is 7.31. The Morgan fingerprint density at radius 3 is 2.71 bits per heavy atom. The zero-order chi connectivity index (χ0) is 27.0. The minimum Gasteiger partial charge on any atom is -0.493 e. The molecular formula is C27H25BrN2O7S. The molecule has 0 saturated heterocycles. The molecule has 0 amide bonds. The number of hydrogen-bond acceptors (Lipinski definition) is 9. The van der Waals surface area contributed by atoms with Gasteiger partial charge >= 0.3 is 5.97 Å². The molecule has 0 N–H and O–H groups in total. The number of nitrogens with zero attached hydrogens (tertiary/aromatic N) is 2. The molecule has 3 aromatic rings. The van der Waals surface area contributed by atoms with Crippen LogP contribution in [0.1, 0.15) is 37.9 Å². The van der Waals surface area contributed by atoms with E-state index in [1.165, 1.54) is 15.9 Å². The van der Waals surface area contributed by atoms with Crippen molar-refractivity contribution in [3.8, 4) is 23.0 Å². The Hall–Kier alpha value is -3.57. The van der Waals surface area contributed by atoms with E-state index in [9.17, 15) is 9.59 Å². The number of thiazole rings is 1. The van der Waals surface area contributed by atoms with E-state index in [2.05, 4.69) is 20.9 Å². The largest absolute Gasteiger partial charge is 0.493 e. The minimum absolute atomic E-state index is 0.113. The van der Waals surface area contributed by atoms with Gasteiger partial charge in [0.15, 0.2) is 27.8 Å². The maximum atomic E-state index is 13.9. The first-order valence-electron chi connectivity index (χ1n) is 12.0. The van der Waals surface area contributed by atoms with E-state index in [-0.39, 0.29) is 19.0 Å². The van der Waals surface area contributed by atoms with Crippen molar-refractivity contribution in [3.63, 3.8) is 0 Å². The lowest BCUT2D eigenvalue weighted by molar-refractivity contribution is -0.139. The molecule has 0 aliphatic carbocycles. The number of halogens is 1. The summed E-state index contributed by atoms with van der Waals surface area (Å²) in [5.41, 5.74) is 1.92. The average Bonchev–Trinajstić information content (AvgIpc) is 3.48. The molecule has 0 radical (unpaired) electrons. The summed E-state index contributed by atoms with van der Waals surface area (Å²) in [6, 6.07) is 8.25. The van der Waals surface area contributed by atoms with E-state index in [1.54, 1.807) is 45.2 Å². The van der Waals surface area contributed by atoms with E-state index < -0.39 is 12.0 Å². The lowest BCUT2D eigenvalue weighted by Crippen LogP contribution is -2.39. The van der Waals surface area contributed by atoms with Gasteiger partial charge in [-0.25, -0.2) is 9.79 Å². The van der Waals surface area contributed by atoms with Gasteiger partial charge in [0, 0.05) is 4.47 Å². The average molecular weight is 601 g/mol. The number of methoxy groups -OCH3 is 1. The monoisotopic (exact) mass is 600 g/mol.